The molecule has 16 nitrogen and oxygen atoms in total. The van der Waals surface area contributed by atoms with E-state index in [4.69, 9.17) is 61.6 Å². The number of Topliss-reactive ketones (excluding diaryl/α,β-unsaturated/α-hetero) is 1. The van der Waals surface area contributed by atoms with Crippen LogP contribution < -0.4 is 0 Å². The quantitative estimate of drug-likeness (QED) is 0.0413. The standard InChI is InChI=1S/C35H58O16/c1-2-50-33(36)8-9-39-10-11-40-12-13-41-14-15-42-16-17-43-18-19-44-20-21-45-22-23-46-24-25-47-26-27-48-28-29-49-30-31-51-35(38)34(37)32-6-4-3-5-7-32/h3-7H,2,8-31H2,1H3. The molecule has 0 saturated carbocycles. The second-order valence-electron chi connectivity index (χ2n) is 10.1. The molecule has 1 aromatic carbocycles. The van der Waals surface area contributed by atoms with Gasteiger partial charge in [-0.15, -0.1) is 0 Å². The average molecular weight is 735 g/mol. The van der Waals surface area contributed by atoms with Crippen molar-refractivity contribution in [2.75, 3.05) is 159 Å². The van der Waals surface area contributed by atoms with Gasteiger partial charge in [-0.1, -0.05) is 30.3 Å². The Morgan fingerprint density at radius 2 is 0.686 bits per heavy atom. The summed E-state index contributed by atoms with van der Waals surface area (Å²) in [4.78, 5) is 34.8. The van der Waals surface area contributed by atoms with Crippen molar-refractivity contribution in [2.24, 2.45) is 0 Å². The SMILES string of the molecule is CCOC(=O)CCOCCOCCOCCOCCOCCOCCOCCOCCOCCOCCOCCOC(=O)C(=O)c1ccccc1. The van der Waals surface area contributed by atoms with Crippen LogP contribution in [0.15, 0.2) is 30.3 Å². The molecule has 0 radical (unpaired) electrons. The predicted molar refractivity (Wildman–Crippen MR) is 182 cm³/mol. The van der Waals surface area contributed by atoms with Crippen molar-refractivity contribution in [3.63, 3.8) is 0 Å². The molecule has 0 aliphatic rings. The molecule has 1 rings (SSSR count). The summed E-state index contributed by atoms with van der Waals surface area (Å²) < 4.78 is 69.3. The van der Waals surface area contributed by atoms with Crippen molar-refractivity contribution in [1.29, 1.82) is 0 Å². The molecule has 0 N–H and O–H groups in total. The lowest BCUT2D eigenvalue weighted by Crippen LogP contribution is -2.20. The van der Waals surface area contributed by atoms with E-state index in [9.17, 15) is 14.4 Å². The maximum Gasteiger partial charge on any atom is 0.379 e. The normalized spacial score (nSPS) is 11.2. The molecular formula is C35H58O16. The lowest BCUT2D eigenvalue weighted by molar-refractivity contribution is -0.144. The molecule has 16 heteroatoms. The number of ether oxygens (including phenoxy) is 13. The minimum absolute atomic E-state index is 0.00752. The van der Waals surface area contributed by atoms with E-state index in [0.29, 0.717) is 151 Å². The molecule has 51 heavy (non-hydrogen) atoms. The molecular weight excluding hydrogens is 676 g/mol. The van der Waals surface area contributed by atoms with E-state index in [-0.39, 0.29) is 25.6 Å². The number of ketones is 1. The largest absolute Gasteiger partial charge is 0.466 e. The number of carbonyl (C=O) groups is 3. The second kappa shape index (κ2) is 37.2. The minimum Gasteiger partial charge on any atom is -0.466 e. The van der Waals surface area contributed by atoms with Crippen LogP contribution in [0, 0.1) is 0 Å². The van der Waals surface area contributed by atoms with Crippen LogP contribution in [0.1, 0.15) is 23.7 Å². The highest BCUT2D eigenvalue weighted by Crippen LogP contribution is 2.01. The molecule has 294 valence electrons. The van der Waals surface area contributed by atoms with E-state index < -0.39 is 11.8 Å². The third kappa shape index (κ3) is 31.8. The van der Waals surface area contributed by atoms with Gasteiger partial charge in [-0.25, -0.2) is 4.79 Å². The Labute approximate surface area is 301 Å². The zero-order valence-electron chi connectivity index (χ0n) is 30.1. The zero-order valence-corrected chi connectivity index (χ0v) is 30.1. The number of carbonyl (C=O) groups excluding carboxylic acids is 3. The summed E-state index contributed by atoms with van der Waals surface area (Å²) in [6.45, 7) is 11.6. The Morgan fingerprint density at radius 1 is 0.392 bits per heavy atom. The van der Waals surface area contributed by atoms with Gasteiger partial charge in [-0.05, 0) is 6.92 Å². The zero-order chi connectivity index (χ0) is 36.7. The van der Waals surface area contributed by atoms with Crippen LogP contribution in [0.4, 0.5) is 0 Å². The van der Waals surface area contributed by atoms with E-state index in [1.165, 1.54) is 0 Å². The number of rotatable bonds is 39. The lowest BCUT2D eigenvalue weighted by atomic mass is 10.1. The Balaban J connectivity index is 1.65. The van der Waals surface area contributed by atoms with Crippen molar-refractivity contribution >= 4 is 17.7 Å². The third-order valence-electron chi connectivity index (χ3n) is 6.16. The van der Waals surface area contributed by atoms with E-state index in [1.54, 1.807) is 37.3 Å². The van der Waals surface area contributed by atoms with Gasteiger partial charge in [-0.2, -0.15) is 0 Å². The fourth-order valence-electron chi connectivity index (χ4n) is 3.66. The summed E-state index contributed by atoms with van der Waals surface area (Å²) in [6.07, 6.45) is 0.248. The summed E-state index contributed by atoms with van der Waals surface area (Å²) in [5.74, 6) is -1.84. The Bertz CT molecular complexity index is 936. The average Bonchev–Trinajstić information content (AvgIpc) is 3.14. The number of hydrogen-bond donors (Lipinski definition) is 0. The summed E-state index contributed by atoms with van der Waals surface area (Å²) in [5.41, 5.74) is 0.292. The first kappa shape index (κ1) is 46.4. The molecule has 0 heterocycles. The first-order chi connectivity index (χ1) is 25.1. The molecule has 0 spiro atoms. The molecule has 1 aromatic rings. The maximum absolute atomic E-state index is 11.9. The Morgan fingerprint density at radius 3 is 1.00 bits per heavy atom. The lowest BCUT2D eigenvalue weighted by Gasteiger charge is -2.09. The van der Waals surface area contributed by atoms with E-state index >= 15 is 0 Å². The molecule has 0 atom stereocenters. The third-order valence-corrected chi connectivity index (χ3v) is 6.16. The molecule has 0 fully saturated rings. The van der Waals surface area contributed by atoms with Crippen LogP contribution in [0.3, 0.4) is 0 Å². The maximum atomic E-state index is 11.9. The molecule has 0 unspecified atom stereocenters. The molecule has 0 aromatic heterocycles. The van der Waals surface area contributed by atoms with Gasteiger partial charge in [0.1, 0.15) is 6.61 Å². The molecule has 0 amide bonds. The molecule has 0 saturated heterocycles. The van der Waals surface area contributed by atoms with Gasteiger partial charge < -0.3 is 61.6 Å². The topological polar surface area (TPSA) is 171 Å². The van der Waals surface area contributed by atoms with E-state index in [1.807, 2.05) is 0 Å². The minimum atomic E-state index is -0.901. The van der Waals surface area contributed by atoms with Crippen LogP contribution >= 0.6 is 0 Å². The van der Waals surface area contributed by atoms with Gasteiger partial charge in [0.25, 0.3) is 5.78 Å². The first-order valence-corrected chi connectivity index (χ1v) is 17.4. The van der Waals surface area contributed by atoms with Crippen LogP contribution in [0.25, 0.3) is 0 Å². The number of hydrogen-bond acceptors (Lipinski definition) is 16. The van der Waals surface area contributed by atoms with Gasteiger partial charge in [-0.3, -0.25) is 9.59 Å². The van der Waals surface area contributed by atoms with Crippen molar-refractivity contribution < 1.29 is 76.0 Å². The Hall–Kier alpha value is -2.61. The monoisotopic (exact) mass is 734 g/mol. The highest BCUT2D eigenvalue weighted by molar-refractivity contribution is 6.40. The van der Waals surface area contributed by atoms with Crippen LogP contribution in [-0.4, -0.2) is 176 Å². The van der Waals surface area contributed by atoms with Crippen LogP contribution in [0.2, 0.25) is 0 Å². The van der Waals surface area contributed by atoms with Crippen LogP contribution in [0.5, 0.6) is 0 Å². The molecule has 0 aliphatic carbocycles. The van der Waals surface area contributed by atoms with E-state index in [2.05, 4.69) is 0 Å². The second-order valence-corrected chi connectivity index (χ2v) is 10.1. The fraction of sp³-hybridized carbons (Fsp3) is 0.743. The fourth-order valence-corrected chi connectivity index (χ4v) is 3.66. The van der Waals surface area contributed by atoms with Crippen molar-refractivity contribution in [1.82, 2.24) is 0 Å². The van der Waals surface area contributed by atoms with Gasteiger partial charge in [0.2, 0.25) is 0 Å². The number of esters is 2. The Kier molecular flexibility index (Phi) is 33.8. The van der Waals surface area contributed by atoms with Gasteiger partial charge in [0.05, 0.1) is 158 Å². The van der Waals surface area contributed by atoms with Gasteiger partial charge in [0, 0.05) is 5.56 Å². The van der Waals surface area contributed by atoms with E-state index in [0.717, 1.165) is 0 Å². The number of benzene rings is 1. The van der Waals surface area contributed by atoms with Gasteiger partial charge in [0.15, 0.2) is 0 Å². The highest BCUT2D eigenvalue weighted by Gasteiger charge is 2.17. The summed E-state index contributed by atoms with van der Waals surface area (Å²) in [7, 11) is 0. The summed E-state index contributed by atoms with van der Waals surface area (Å²) >= 11 is 0. The van der Waals surface area contributed by atoms with Gasteiger partial charge >= 0.3 is 11.9 Å². The van der Waals surface area contributed by atoms with Crippen LogP contribution in [-0.2, 0) is 71.2 Å². The molecule has 0 aliphatic heterocycles. The summed E-state index contributed by atoms with van der Waals surface area (Å²) in [5, 5.41) is 0. The van der Waals surface area contributed by atoms with Crippen molar-refractivity contribution in [3.8, 4) is 0 Å². The molecule has 0 bridgehead atoms. The van der Waals surface area contributed by atoms with Crippen molar-refractivity contribution in [2.45, 2.75) is 13.3 Å². The first-order valence-electron chi connectivity index (χ1n) is 17.4. The highest BCUT2D eigenvalue weighted by atomic mass is 16.6. The smallest absolute Gasteiger partial charge is 0.379 e. The van der Waals surface area contributed by atoms with Crippen molar-refractivity contribution in [3.05, 3.63) is 35.9 Å². The summed E-state index contributed by atoms with van der Waals surface area (Å²) in [6, 6.07) is 8.24. The predicted octanol–water partition coefficient (Wildman–Crippen LogP) is 1.55.